The van der Waals surface area contributed by atoms with Gasteiger partial charge in [0, 0.05) is 12.7 Å². The highest BCUT2D eigenvalue weighted by molar-refractivity contribution is 7.61. The summed E-state index contributed by atoms with van der Waals surface area (Å²) in [6.07, 6.45) is 0. The number of phosphoric acid groups is 2. The number of benzene rings is 1. The van der Waals surface area contributed by atoms with Gasteiger partial charge in [-0.25, -0.2) is 9.13 Å². The molecule has 0 aliphatic heterocycles. The van der Waals surface area contributed by atoms with E-state index in [9.17, 15) is 14.2 Å². The number of para-hydroxylation sites is 1. The van der Waals surface area contributed by atoms with Crippen LogP contribution in [-0.2, 0) is 29.1 Å². The molecule has 0 aliphatic rings. The van der Waals surface area contributed by atoms with E-state index in [-0.39, 0.29) is 11.3 Å². The quantitative estimate of drug-likeness (QED) is 0.679. The minimum Gasteiger partial charge on any atom is -0.508 e. The molecule has 0 bridgehead atoms. The molecular weight excluding hydrogens is 286 g/mol. The molecule has 0 saturated heterocycles. The van der Waals surface area contributed by atoms with Gasteiger partial charge in [0.25, 0.3) is 0 Å². The highest BCUT2D eigenvalue weighted by Gasteiger charge is 2.34. The lowest BCUT2D eigenvalue weighted by Gasteiger charge is -2.14. The molecule has 1 rings (SSSR count). The van der Waals surface area contributed by atoms with Gasteiger partial charge in [0.1, 0.15) is 5.75 Å². The van der Waals surface area contributed by atoms with E-state index >= 15 is 0 Å². The number of hydrogen-bond acceptors (Lipinski definition) is 6. The van der Waals surface area contributed by atoms with Crippen molar-refractivity contribution in [3.8, 4) is 5.75 Å². The van der Waals surface area contributed by atoms with Crippen molar-refractivity contribution in [1.82, 2.24) is 0 Å². The Bertz CT molecular complexity index is 502. The number of hydrogen-bond donors (Lipinski definition) is 3. The molecule has 8 nitrogen and oxygen atoms in total. The average molecular weight is 298 g/mol. The highest BCUT2D eigenvalue weighted by atomic mass is 31.3. The van der Waals surface area contributed by atoms with Crippen LogP contribution < -0.4 is 0 Å². The molecule has 2 unspecified atom stereocenters. The molecule has 0 spiro atoms. The van der Waals surface area contributed by atoms with Crippen molar-refractivity contribution in [2.24, 2.45) is 0 Å². The van der Waals surface area contributed by atoms with Crippen LogP contribution in [0, 0.1) is 0 Å². The van der Waals surface area contributed by atoms with Gasteiger partial charge < -0.3 is 14.9 Å². The predicted molar refractivity (Wildman–Crippen MR) is 60.6 cm³/mol. The third kappa shape index (κ3) is 4.88. The van der Waals surface area contributed by atoms with Crippen molar-refractivity contribution in [3.63, 3.8) is 0 Å². The second-order valence-corrected chi connectivity index (χ2v) is 6.25. The van der Waals surface area contributed by atoms with Gasteiger partial charge in [-0.2, -0.15) is 4.31 Å². The molecule has 102 valence electrons. The first-order valence-corrected chi connectivity index (χ1v) is 7.59. The Morgan fingerprint density at radius 2 is 1.78 bits per heavy atom. The van der Waals surface area contributed by atoms with Crippen LogP contribution in [0.5, 0.6) is 5.75 Å². The molecule has 0 heterocycles. The topological polar surface area (TPSA) is 123 Å². The zero-order valence-electron chi connectivity index (χ0n) is 9.29. The summed E-state index contributed by atoms with van der Waals surface area (Å²) in [7, 11) is -8.56. The maximum atomic E-state index is 11.3. The van der Waals surface area contributed by atoms with Crippen LogP contribution in [0.15, 0.2) is 24.3 Å². The van der Waals surface area contributed by atoms with Crippen molar-refractivity contribution in [3.05, 3.63) is 29.8 Å². The zero-order valence-corrected chi connectivity index (χ0v) is 11.1. The van der Waals surface area contributed by atoms with Gasteiger partial charge in [-0.05, 0) is 6.07 Å². The van der Waals surface area contributed by atoms with Crippen LogP contribution in [0.3, 0.4) is 0 Å². The average Bonchev–Trinajstić information content (AvgIpc) is 2.27. The van der Waals surface area contributed by atoms with Gasteiger partial charge in [-0.15, -0.1) is 0 Å². The first-order chi connectivity index (χ1) is 8.26. The Morgan fingerprint density at radius 3 is 2.33 bits per heavy atom. The molecule has 3 N–H and O–H groups in total. The van der Waals surface area contributed by atoms with Gasteiger partial charge in [0.05, 0.1) is 6.61 Å². The fourth-order valence-corrected chi connectivity index (χ4v) is 2.77. The normalized spacial score (nSPS) is 17.9. The summed E-state index contributed by atoms with van der Waals surface area (Å²) in [6.45, 7) is -0.468. The largest absolute Gasteiger partial charge is 0.508 e. The van der Waals surface area contributed by atoms with Gasteiger partial charge in [0.2, 0.25) is 0 Å². The lowest BCUT2D eigenvalue weighted by molar-refractivity contribution is 0.162. The molecule has 0 fully saturated rings. The summed E-state index contributed by atoms with van der Waals surface area (Å²) in [4.78, 5) is 18.0. The van der Waals surface area contributed by atoms with Gasteiger partial charge >= 0.3 is 15.6 Å². The van der Waals surface area contributed by atoms with Crippen molar-refractivity contribution >= 4 is 15.6 Å². The van der Waals surface area contributed by atoms with E-state index < -0.39 is 22.3 Å². The molecule has 0 aliphatic carbocycles. The van der Waals surface area contributed by atoms with Gasteiger partial charge in [0.15, 0.2) is 0 Å². The molecule has 10 heteroatoms. The molecule has 0 saturated carbocycles. The van der Waals surface area contributed by atoms with E-state index in [1.807, 2.05) is 0 Å². The van der Waals surface area contributed by atoms with Crippen molar-refractivity contribution < 1.29 is 37.4 Å². The smallest absolute Gasteiger partial charge is 0.481 e. The van der Waals surface area contributed by atoms with Gasteiger partial charge in [-0.3, -0.25) is 9.05 Å². The highest BCUT2D eigenvalue weighted by Crippen LogP contribution is 2.60. The maximum Gasteiger partial charge on any atom is 0.481 e. The van der Waals surface area contributed by atoms with E-state index in [0.29, 0.717) is 0 Å². The lowest BCUT2D eigenvalue weighted by Crippen LogP contribution is -1.96. The first kappa shape index (κ1) is 15.3. The van der Waals surface area contributed by atoms with Crippen LogP contribution in [0.1, 0.15) is 5.56 Å². The maximum absolute atomic E-state index is 11.3. The molecular formula is C8H12O8P2. The summed E-state index contributed by atoms with van der Waals surface area (Å²) < 4.78 is 34.6. The summed E-state index contributed by atoms with van der Waals surface area (Å²) >= 11 is 0. The van der Waals surface area contributed by atoms with Gasteiger partial charge in [-0.1, -0.05) is 18.2 Å². The first-order valence-electron chi connectivity index (χ1n) is 4.60. The second kappa shape index (κ2) is 5.95. The fourth-order valence-electron chi connectivity index (χ4n) is 0.971. The minimum atomic E-state index is -4.77. The van der Waals surface area contributed by atoms with Crippen LogP contribution >= 0.6 is 15.6 Å². The number of aromatic hydroxyl groups is 1. The number of phosphoric ester groups is 2. The molecule has 1 aromatic rings. The summed E-state index contributed by atoms with van der Waals surface area (Å²) in [6, 6.07) is 5.94. The SMILES string of the molecule is COP(=O)(O)OP(=O)(O)OCc1ccccc1O. The number of rotatable bonds is 6. The Hall–Kier alpha value is -0.720. The van der Waals surface area contributed by atoms with E-state index in [1.54, 1.807) is 12.1 Å². The van der Waals surface area contributed by atoms with Crippen LogP contribution in [0.4, 0.5) is 0 Å². The summed E-state index contributed by atoms with van der Waals surface area (Å²) in [5.41, 5.74) is 0.223. The third-order valence-electron chi connectivity index (χ3n) is 1.81. The van der Waals surface area contributed by atoms with E-state index in [2.05, 4.69) is 13.4 Å². The second-order valence-electron chi connectivity index (χ2n) is 3.10. The predicted octanol–water partition coefficient (Wildman–Crippen LogP) is 1.77. The monoisotopic (exact) mass is 298 g/mol. The van der Waals surface area contributed by atoms with Crippen LogP contribution in [-0.4, -0.2) is 22.0 Å². The zero-order chi connectivity index (χ0) is 13.8. The Balaban J connectivity index is 2.66. The lowest BCUT2D eigenvalue weighted by atomic mass is 10.2. The Labute approximate surface area is 103 Å². The van der Waals surface area contributed by atoms with E-state index in [1.165, 1.54) is 12.1 Å². The minimum absolute atomic E-state index is 0.142. The van der Waals surface area contributed by atoms with Crippen molar-refractivity contribution in [1.29, 1.82) is 0 Å². The molecule has 1 aromatic carbocycles. The van der Waals surface area contributed by atoms with Crippen molar-refractivity contribution in [2.45, 2.75) is 6.61 Å². The molecule has 0 radical (unpaired) electrons. The number of phenolic OH excluding ortho intramolecular Hbond substituents is 1. The summed E-state index contributed by atoms with van der Waals surface area (Å²) in [5, 5.41) is 9.37. The third-order valence-corrected chi connectivity index (χ3v) is 4.38. The summed E-state index contributed by atoms with van der Waals surface area (Å²) in [5.74, 6) is -0.142. The Morgan fingerprint density at radius 1 is 1.17 bits per heavy atom. The molecule has 0 aromatic heterocycles. The standard InChI is InChI=1S/C8H12O8P2/c1-14-17(10,11)16-18(12,13)15-6-7-4-2-3-5-8(7)9/h2-5,9H,6H2,1H3,(H,10,11)(H,12,13). The van der Waals surface area contributed by atoms with Crippen LogP contribution in [0.2, 0.25) is 0 Å². The molecule has 2 atom stereocenters. The Kier molecular flexibility index (Phi) is 5.07. The van der Waals surface area contributed by atoms with E-state index in [4.69, 9.17) is 9.79 Å². The van der Waals surface area contributed by atoms with Crippen LogP contribution in [0.25, 0.3) is 0 Å². The van der Waals surface area contributed by atoms with E-state index in [0.717, 1.165) is 7.11 Å². The number of phenols is 1. The molecule has 0 amide bonds. The fraction of sp³-hybridized carbons (Fsp3) is 0.250. The molecule has 18 heavy (non-hydrogen) atoms. The van der Waals surface area contributed by atoms with Crippen molar-refractivity contribution in [2.75, 3.05) is 7.11 Å².